The fraction of sp³-hybridized carbons (Fsp3) is 0.714. The first-order valence-corrected chi connectivity index (χ1v) is 7.52. The Bertz CT molecular complexity index is 317. The van der Waals surface area contributed by atoms with Crippen molar-refractivity contribution >= 4 is 11.3 Å². The topological polar surface area (TPSA) is 21.3 Å². The van der Waals surface area contributed by atoms with Crippen molar-refractivity contribution in [2.24, 2.45) is 0 Å². The van der Waals surface area contributed by atoms with E-state index in [1.165, 1.54) is 24.1 Å². The van der Waals surface area contributed by atoms with E-state index in [1.807, 2.05) is 11.3 Å². The average Bonchev–Trinajstić information content (AvgIpc) is 2.96. The minimum Gasteiger partial charge on any atom is -0.374 e. The lowest BCUT2D eigenvalue weighted by Crippen LogP contribution is -2.48. The highest BCUT2D eigenvalue weighted by Gasteiger charge is 2.37. The van der Waals surface area contributed by atoms with Gasteiger partial charge in [0.05, 0.1) is 5.60 Å². The molecular formula is C14H23NOS. The zero-order valence-electron chi connectivity index (χ0n) is 10.9. The van der Waals surface area contributed by atoms with Gasteiger partial charge in [0.1, 0.15) is 0 Å². The summed E-state index contributed by atoms with van der Waals surface area (Å²) in [5.41, 5.74) is 0.0489. The molecule has 0 aromatic carbocycles. The second-order valence-electron chi connectivity index (χ2n) is 4.99. The fourth-order valence-corrected chi connectivity index (χ4v) is 3.41. The first-order valence-electron chi connectivity index (χ1n) is 6.64. The molecule has 1 aromatic heterocycles. The molecule has 1 N–H and O–H groups in total. The normalized spacial score (nSPS) is 26.2. The third-order valence-corrected chi connectivity index (χ3v) is 4.63. The smallest absolute Gasteiger partial charge is 0.0807 e. The number of aryl methyl sites for hydroxylation is 1. The molecule has 0 amide bonds. The predicted molar refractivity (Wildman–Crippen MR) is 73.7 cm³/mol. The molecule has 0 saturated carbocycles. The van der Waals surface area contributed by atoms with Gasteiger partial charge in [0.25, 0.3) is 0 Å². The van der Waals surface area contributed by atoms with Gasteiger partial charge in [0.2, 0.25) is 0 Å². The number of nitrogens with one attached hydrogen (secondary N) is 1. The van der Waals surface area contributed by atoms with E-state index < -0.39 is 0 Å². The molecule has 2 heterocycles. The van der Waals surface area contributed by atoms with Gasteiger partial charge in [0, 0.05) is 17.5 Å². The molecular weight excluding hydrogens is 230 g/mol. The van der Waals surface area contributed by atoms with E-state index in [1.54, 1.807) is 0 Å². The van der Waals surface area contributed by atoms with E-state index in [9.17, 15) is 0 Å². The standard InChI is InChI=1S/C14H23NOS/c1-3-15-13(14(2)9-5-10-16-14)8-7-12-6-4-11-17-12/h4,6,11,13,15H,3,5,7-10H2,1-2H3. The highest BCUT2D eigenvalue weighted by Crippen LogP contribution is 2.31. The Morgan fingerprint density at radius 2 is 2.47 bits per heavy atom. The van der Waals surface area contributed by atoms with Crippen LogP contribution in [-0.2, 0) is 11.2 Å². The van der Waals surface area contributed by atoms with Gasteiger partial charge in [0.15, 0.2) is 0 Å². The van der Waals surface area contributed by atoms with Crippen molar-refractivity contribution in [1.82, 2.24) is 5.32 Å². The molecule has 0 spiro atoms. The van der Waals surface area contributed by atoms with Gasteiger partial charge in [-0.2, -0.15) is 0 Å². The molecule has 1 aliphatic heterocycles. The van der Waals surface area contributed by atoms with Gasteiger partial charge in [-0.05, 0) is 50.6 Å². The van der Waals surface area contributed by atoms with Gasteiger partial charge in [-0.15, -0.1) is 11.3 Å². The van der Waals surface area contributed by atoms with Crippen LogP contribution in [0, 0.1) is 0 Å². The minimum atomic E-state index is 0.0489. The lowest BCUT2D eigenvalue weighted by atomic mass is 9.89. The Morgan fingerprint density at radius 1 is 1.59 bits per heavy atom. The van der Waals surface area contributed by atoms with Crippen LogP contribution in [0.1, 0.15) is 38.0 Å². The fourth-order valence-electron chi connectivity index (χ4n) is 2.69. The summed E-state index contributed by atoms with van der Waals surface area (Å²) >= 11 is 1.86. The summed E-state index contributed by atoms with van der Waals surface area (Å²) in [4.78, 5) is 1.48. The molecule has 1 aliphatic rings. The number of ether oxygens (including phenoxy) is 1. The number of likely N-dealkylation sites (N-methyl/N-ethyl adjacent to an activating group) is 1. The van der Waals surface area contributed by atoms with Crippen LogP contribution in [0.2, 0.25) is 0 Å². The molecule has 1 aromatic rings. The van der Waals surface area contributed by atoms with Crippen LogP contribution < -0.4 is 5.32 Å². The van der Waals surface area contributed by atoms with Crippen molar-refractivity contribution in [3.05, 3.63) is 22.4 Å². The summed E-state index contributed by atoms with van der Waals surface area (Å²) in [6.45, 7) is 6.39. The van der Waals surface area contributed by atoms with E-state index in [0.29, 0.717) is 6.04 Å². The van der Waals surface area contributed by atoms with Gasteiger partial charge >= 0.3 is 0 Å². The summed E-state index contributed by atoms with van der Waals surface area (Å²) in [5, 5.41) is 5.77. The lowest BCUT2D eigenvalue weighted by Gasteiger charge is -2.34. The second-order valence-corrected chi connectivity index (χ2v) is 6.03. The molecule has 1 fully saturated rings. The number of hydrogen-bond acceptors (Lipinski definition) is 3. The zero-order valence-corrected chi connectivity index (χ0v) is 11.7. The van der Waals surface area contributed by atoms with Gasteiger partial charge < -0.3 is 10.1 Å². The monoisotopic (exact) mass is 253 g/mol. The molecule has 17 heavy (non-hydrogen) atoms. The maximum absolute atomic E-state index is 5.97. The Balaban J connectivity index is 1.92. The summed E-state index contributed by atoms with van der Waals surface area (Å²) in [7, 11) is 0. The average molecular weight is 253 g/mol. The Kier molecular flexibility index (Phi) is 4.60. The molecule has 2 atom stereocenters. The number of hydrogen-bond donors (Lipinski definition) is 1. The highest BCUT2D eigenvalue weighted by molar-refractivity contribution is 7.09. The van der Waals surface area contributed by atoms with Crippen LogP contribution in [0.25, 0.3) is 0 Å². The Morgan fingerprint density at radius 3 is 3.06 bits per heavy atom. The van der Waals surface area contributed by atoms with Crippen LogP contribution >= 0.6 is 11.3 Å². The van der Waals surface area contributed by atoms with E-state index in [4.69, 9.17) is 4.74 Å². The quantitative estimate of drug-likeness (QED) is 0.840. The first kappa shape index (κ1) is 13.1. The molecule has 1 saturated heterocycles. The van der Waals surface area contributed by atoms with Crippen LogP contribution in [0.3, 0.4) is 0 Å². The Hall–Kier alpha value is -0.380. The van der Waals surface area contributed by atoms with Crippen molar-refractivity contribution < 1.29 is 4.74 Å². The van der Waals surface area contributed by atoms with Crippen LogP contribution in [0.5, 0.6) is 0 Å². The van der Waals surface area contributed by atoms with Crippen LogP contribution in [0.15, 0.2) is 17.5 Å². The molecule has 0 bridgehead atoms. The van der Waals surface area contributed by atoms with Gasteiger partial charge in [-0.25, -0.2) is 0 Å². The summed E-state index contributed by atoms with van der Waals surface area (Å²) < 4.78 is 5.97. The zero-order chi connectivity index (χ0) is 12.1. The maximum atomic E-state index is 5.97. The summed E-state index contributed by atoms with van der Waals surface area (Å²) in [6, 6.07) is 4.85. The predicted octanol–water partition coefficient (Wildman–Crippen LogP) is 3.23. The van der Waals surface area contributed by atoms with Crippen molar-refractivity contribution in [3.8, 4) is 0 Å². The van der Waals surface area contributed by atoms with E-state index >= 15 is 0 Å². The van der Waals surface area contributed by atoms with Gasteiger partial charge in [-0.3, -0.25) is 0 Å². The molecule has 2 rings (SSSR count). The third kappa shape index (κ3) is 3.30. The van der Waals surface area contributed by atoms with E-state index in [0.717, 1.165) is 19.6 Å². The third-order valence-electron chi connectivity index (χ3n) is 3.70. The molecule has 0 aliphatic carbocycles. The van der Waals surface area contributed by atoms with Crippen molar-refractivity contribution in [1.29, 1.82) is 0 Å². The molecule has 2 nitrogen and oxygen atoms in total. The van der Waals surface area contributed by atoms with Crippen LogP contribution in [-0.4, -0.2) is 24.8 Å². The Labute approximate surface area is 108 Å². The van der Waals surface area contributed by atoms with E-state index in [-0.39, 0.29) is 5.60 Å². The molecule has 3 heteroatoms. The highest BCUT2D eigenvalue weighted by atomic mass is 32.1. The number of thiophene rings is 1. The molecule has 2 unspecified atom stereocenters. The van der Waals surface area contributed by atoms with E-state index in [2.05, 4.69) is 36.7 Å². The molecule has 96 valence electrons. The minimum absolute atomic E-state index is 0.0489. The first-order chi connectivity index (χ1) is 8.24. The maximum Gasteiger partial charge on any atom is 0.0807 e. The summed E-state index contributed by atoms with van der Waals surface area (Å²) in [6.07, 6.45) is 4.73. The van der Waals surface area contributed by atoms with Crippen molar-refractivity contribution in [3.63, 3.8) is 0 Å². The van der Waals surface area contributed by atoms with Crippen molar-refractivity contribution in [2.75, 3.05) is 13.2 Å². The number of rotatable bonds is 6. The molecule has 0 radical (unpaired) electrons. The summed E-state index contributed by atoms with van der Waals surface area (Å²) in [5.74, 6) is 0. The lowest BCUT2D eigenvalue weighted by molar-refractivity contribution is -0.0132. The second kappa shape index (κ2) is 5.98. The van der Waals surface area contributed by atoms with Gasteiger partial charge in [-0.1, -0.05) is 13.0 Å². The van der Waals surface area contributed by atoms with Crippen LogP contribution in [0.4, 0.5) is 0 Å². The largest absolute Gasteiger partial charge is 0.374 e. The van der Waals surface area contributed by atoms with Crippen molar-refractivity contribution in [2.45, 2.75) is 51.2 Å². The SMILES string of the molecule is CCNC(CCc1cccs1)C1(C)CCCO1.